The number of aromatic nitrogens is 1. The molecule has 0 atom stereocenters. The number of nitrogens with zero attached hydrogens (tertiary/aromatic N) is 3. The summed E-state index contributed by atoms with van der Waals surface area (Å²) >= 11 is 0. The molecule has 0 aliphatic rings. The first-order valence-corrected chi connectivity index (χ1v) is 9.20. The van der Waals surface area contributed by atoms with Crippen molar-refractivity contribution in [1.82, 2.24) is 9.88 Å². The first-order chi connectivity index (χ1) is 12.1. The molecule has 0 aliphatic carbocycles. The number of pyridine rings is 1. The van der Waals surface area contributed by atoms with Crippen molar-refractivity contribution in [1.29, 1.82) is 0 Å². The van der Waals surface area contributed by atoms with Crippen molar-refractivity contribution in [2.75, 3.05) is 24.5 Å². The lowest BCUT2D eigenvalue weighted by atomic mass is 10.2. The van der Waals surface area contributed by atoms with Crippen LogP contribution in [0.1, 0.15) is 49.7 Å². The van der Waals surface area contributed by atoms with E-state index < -0.39 is 0 Å². The Labute approximate surface area is 151 Å². The monoisotopic (exact) mass is 339 g/mol. The number of hydrogen-bond acceptors (Lipinski definition) is 3. The van der Waals surface area contributed by atoms with Crippen LogP contribution in [0, 0.1) is 6.92 Å². The van der Waals surface area contributed by atoms with E-state index in [1.54, 1.807) is 6.20 Å². The molecule has 1 aromatic heterocycles. The summed E-state index contributed by atoms with van der Waals surface area (Å²) in [5.41, 5.74) is 3.87. The third-order valence-electron chi connectivity index (χ3n) is 4.18. The van der Waals surface area contributed by atoms with E-state index >= 15 is 0 Å². The highest BCUT2D eigenvalue weighted by Crippen LogP contribution is 2.26. The molecular weight excluding hydrogens is 310 g/mol. The Morgan fingerprint density at radius 1 is 1.00 bits per heavy atom. The van der Waals surface area contributed by atoms with Gasteiger partial charge >= 0.3 is 0 Å². The van der Waals surface area contributed by atoms with E-state index in [4.69, 9.17) is 0 Å². The molecule has 134 valence electrons. The minimum absolute atomic E-state index is 0.0193. The van der Waals surface area contributed by atoms with Gasteiger partial charge < -0.3 is 9.80 Å². The van der Waals surface area contributed by atoms with E-state index in [1.165, 1.54) is 5.56 Å². The lowest BCUT2D eigenvalue weighted by Crippen LogP contribution is -2.33. The zero-order valence-corrected chi connectivity index (χ0v) is 15.8. The fourth-order valence-electron chi connectivity index (χ4n) is 3.03. The van der Waals surface area contributed by atoms with E-state index in [0.717, 1.165) is 43.9 Å². The van der Waals surface area contributed by atoms with Crippen molar-refractivity contribution in [3.8, 4) is 0 Å². The third kappa shape index (κ3) is 4.81. The van der Waals surface area contributed by atoms with Crippen molar-refractivity contribution < 1.29 is 4.79 Å². The summed E-state index contributed by atoms with van der Waals surface area (Å²) in [6.07, 6.45) is 3.64. The van der Waals surface area contributed by atoms with Gasteiger partial charge in [-0.05, 0) is 56.5 Å². The maximum absolute atomic E-state index is 12.8. The topological polar surface area (TPSA) is 36.4 Å². The maximum Gasteiger partial charge on any atom is 0.272 e. The summed E-state index contributed by atoms with van der Waals surface area (Å²) in [7, 11) is 0. The Bertz CT molecular complexity index is 693. The molecule has 25 heavy (non-hydrogen) atoms. The molecule has 0 N–H and O–H groups in total. The lowest BCUT2D eigenvalue weighted by Gasteiger charge is -2.25. The van der Waals surface area contributed by atoms with Crippen LogP contribution < -0.4 is 4.90 Å². The predicted molar refractivity (Wildman–Crippen MR) is 105 cm³/mol. The normalized spacial score (nSPS) is 10.6. The van der Waals surface area contributed by atoms with E-state index in [1.807, 2.05) is 17.0 Å². The summed E-state index contributed by atoms with van der Waals surface area (Å²) in [6, 6.07) is 12.3. The van der Waals surface area contributed by atoms with Gasteiger partial charge in [-0.15, -0.1) is 0 Å². The van der Waals surface area contributed by atoms with Gasteiger partial charge in [0.05, 0.1) is 0 Å². The number of rotatable bonds is 8. The Morgan fingerprint density at radius 2 is 1.68 bits per heavy atom. The minimum Gasteiger partial charge on any atom is -0.342 e. The molecule has 0 saturated heterocycles. The van der Waals surface area contributed by atoms with Gasteiger partial charge in [-0.1, -0.05) is 26.0 Å². The average molecular weight is 339 g/mol. The van der Waals surface area contributed by atoms with Gasteiger partial charge in [0.2, 0.25) is 0 Å². The molecule has 0 saturated carbocycles. The van der Waals surface area contributed by atoms with Gasteiger partial charge in [0.15, 0.2) is 0 Å². The maximum atomic E-state index is 12.8. The second-order valence-corrected chi connectivity index (χ2v) is 6.27. The smallest absolute Gasteiger partial charge is 0.272 e. The summed E-state index contributed by atoms with van der Waals surface area (Å²) in [4.78, 5) is 21.3. The van der Waals surface area contributed by atoms with Crippen LogP contribution in [-0.4, -0.2) is 35.4 Å². The van der Waals surface area contributed by atoms with Gasteiger partial charge in [0.1, 0.15) is 5.69 Å². The first-order valence-electron chi connectivity index (χ1n) is 9.20. The third-order valence-corrected chi connectivity index (χ3v) is 4.18. The second kappa shape index (κ2) is 9.21. The molecule has 0 unspecified atom stereocenters. The molecule has 0 radical (unpaired) electrons. The van der Waals surface area contributed by atoms with Crippen LogP contribution >= 0.6 is 0 Å². The Morgan fingerprint density at radius 3 is 2.28 bits per heavy atom. The zero-order valence-electron chi connectivity index (χ0n) is 15.8. The van der Waals surface area contributed by atoms with Crippen LogP contribution in [-0.2, 0) is 0 Å². The van der Waals surface area contributed by atoms with Crippen LogP contribution in [0.25, 0.3) is 0 Å². The standard InChI is InChI=1S/C21H29N3O/c1-5-13-23(14-6-2)21(25)20-16-19(11-12-22-20)24(7-3)18-10-8-9-17(4)15-18/h8-12,15-16H,5-7,13-14H2,1-4H3. The van der Waals surface area contributed by atoms with Crippen LogP contribution in [0.3, 0.4) is 0 Å². The Kier molecular flexibility index (Phi) is 6.99. The highest BCUT2D eigenvalue weighted by molar-refractivity contribution is 5.93. The second-order valence-electron chi connectivity index (χ2n) is 6.27. The number of aryl methyl sites for hydroxylation is 1. The highest BCUT2D eigenvalue weighted by Gasteiger charge is 2.17. The van der Waals surface area contributed by atoms with E-state index in [-0.39, 0.29) is 5.91 Å². The lowest BCUT2D eigenvalue weighted by molar-refractivity contribution is 0.0749. The molecule has 1 heterocycles. The number of anilines is 2. The van der Waals surface area contributed by atoms with Crippen molar-refractivity contribution in [3.63, 3.8) is 0 Å². The molecule has 1 amide bonds. The summed E-state index contributed by atoms with van der Waals surface area (Å²) in [5, 5.41) is 0. The van der Waals surface area contributed by atoms with Crippen molar-refractivity contribution in [2.24, 2.45) is 0 Å². The molecule has 0 bridgehead atoms. The van der Waals surface area contributed by atoms with E-state index in [9.17, 15) is 4.79 Å². The SMILES string of the molecule is CCCN(CCC)C(=O)c1cc(N(CC)c2cccc(C)c2)ccn1. The van der Waals surface area contributed by atoms with Crippen molar-refractivity contribution in [3.05, 3.63) is 53.9 Å². The Balaban J connectivity index is 2.31. The van der Waals surface area contributed by atoms with Crippen molar-refractivity contribution in [2.45, 2.75) is 40.5 Å². The minimum atomic E-state index is 0.0193. The molecular formula is C21H29N3O. The number of hydrogen-bond donors (Lipinski definition) is 0. The number of carbonyl (C=O) groups is 1. The number of benzene rings is 1. The fraction of sp³-hybridized carbons (Fsp3) is 0.429. The van der Waals surface area contributed by atoms with E-state index in [0.29, 0.717) is 5.69 Å². The summed E-state index contributed by atoms with van der Waals surface area (Å²) in [5.74, 6) is 0.0193. The Hall–Kier alpha value is -2.36. The zero-order chi connectivity index (χ0) is 18.2. The molecule has 2 rings (SSSR count). The highest BCUT2D eigenvalue weighted by atomic mass is 16.2. The van der Waals surface area contributed by atoms with Crippen LogP contribution in [0.5, 0.6) is 0 Å². The van der Waals surface area contributed by atoms with E-state index in [2.05, 4.69) is 61.8 Å². The van der Waals surface area contributed by atoms with Gasteiger partial charge in [0.25, 0.3) is 5.91 Å². The summed E-state index contributed by atoms with van der Waals surface area (Å²) in [6.45, 7) is 10.8. The van der Waals surface area contributed by atoms with Crippen LogP contribution in [0.2, 0.25) is 0 Å². The van der Waals surface area contributed by atoms with Gasteiger partial charge in [-0.25, -0.2) is 0 Å². The molecule has 0 fully saturated rings. The molecule has 0 spiro atoms. The van der Waals surface area contributed by atoms with Gasteiger partial charge in [-0.3, -0.25) is 9.78 Å². The largest absolute Gasteiger partial charge is 0.342 e. The first kappa shape index (κ1) is 19.0. The van der Waals surface area contributed by atoms with Gasteiger partial charge in [-0.2, -0.15) is 0 Å². The molecule has 4 nitrogen and oxygen atoms in total. The van der Waals surface area contributed by atoms with Crippen LogP contribution in [0.4, 0.5) is 11.4 Å². The quantitative estimate of drug-likeness (QED) is 0.692. The summed E-state index contributed by atoms with van der Waals surface area (Å²) < 4.78 is 0. The number of amides is 1. The molecule has 4 heteroatoms. The van der Waals surface area contributed by atoms with Crippen LogP contribution in [0.15, 0.2) is 42.6 Å². The molecule has 0 aliphatic heterocycles. The molecule has 1 aromatic carbocycles. The number of carbonyl (C=O) groups excluding carboxylic acids is 1. The fourth-order valence-corrected chi connectivity index (χ4v) is 3.03. The predicted octanol–water partition coefficient (Wildman–Crippen LogP) is 4.81. The van der Waals surface area contributed by atoms with Crippen molar-refractivity contribution >= 4 is 17.3 Å². The molecule has 2 aromatic rings. The van der Waals surface area contributed by atoms with Gasteiger partial charge in [0, 0.05) is 37.2 Å². The average Bonchev–Trinajstić information content (AvgIpc) is 2.62.